The van der Waals surface area contributed by atoms with Crippen LogP contribution < -0.4 is 0 Å². The molecule has 0 aromatic heterocycles. The number of hydrogen-bond acceptors (Lipinski definition) is 3. The summed E-state index contributed by atoms with van der Waals surface area (Å²) in [6, 6.07) is 0. The topological polar surface area (TPSA) is 60.7 Å². The Bertz CT molecular complexity index is 380. The smallest absolute Gasteiger partial charge is 0.0760 e. The molecule has 3 fully saturated rings. The zero-order chi connectivity index (χ0) is 13.5. The van der Waals surface area contributed by atoms with Gasteiger partial charge in [-0.05, 0) is 36.5 Å². The number of hydrogen-bond donors (Lipinski definition) is 3. The highest BCUT2D eigenvalue weighted by molar-refractivity contribution is 5.21. The van der Waals surface area contributed by atoms with Gasteiger partial charge in [0, 0.05) is 11.3 Å². The summed E-state index contributed by atoms with van der Waals surface area (Å²) in [5.74, 6) is 0.587. The SMILES string of the molecule is CC1C(O)CC2(C)C3CC3C(O)C(C)(C)CC12O. The predicted octanol–water partition coefficient (Wildman–Crippen LogP) is 1.55. The summed E-state index contributed by atoms with van der Waals surface area (Å²) in [6.07, 6.45) is 1.53. The van der Waals surface area contributed by atoms with E-state index in [1.807, 2.05) is 20.8 Å². The zero-order valence-corrected chi connectivity index (χ0v) is 11.8. The number of rotatable bonds is 0. The third-order valence-electron chi connectivity index (χ3n) is 6.54. The molecule has 3 saturated carbocycles. The summed E-state index contributed by atoms with van der Waals surface area (Å²) in [5.41, 5.74) is -1.34. The lowest BCUT2D eigenvalue weighted by Gasteiger charge is -2.45. The van der Waals surface area contributed by atoms with E-state index in [1.54, 1.807) is 0 Å². The molecule has 0 aromatic rings. The standard InChI is InChI=1S/C15H26O3/c1-8-11(16)6-14(4)10-5-9(10)12(17)13(2,3)7-15(8,14)18/h8-12,16-18H,5-7H2,1-4H3. The summed E-state index contributed by atoms with van der Waals surface area (Å²) < 4.78 is 0. The van der Waals surface area contributed by atoms with E-state index in [0.29, 0.717) is 24.7 Å². The molecule has 3 nitrogen and oxygen atoms in total. The van der Waals surface area contributed by atoms with E-state index < -0.39 is 11.7 Å². The lowest BCUT2D eigenvalue weighted by Crippen LogP contribution is -2.50. The summed E-state index contributed by atoms with van der Waals surface area (Å²) in [5, 5.41) is 32.0. The van der Waals surface area contributed by atoms with Crippen LogP contribution in [0.5, 0.6) is 0 Å². The largest absolute Gasteiger partial charge is 0.393 e. The van der Waals surface area contributed by atoms with E-state index in [1.165, 1.54) is 0 Å². The van der Waals surface area contributed by atoms with Gasteiger partial charge in [-0.2, -0.15) is 0 Å². The molecule has 104 valence electrons. The van der Waals surface area contributed by atoms with E-state index in [2.05, 4.69) is 6.92 Å². The fourth-order valence-electron chi connectivity index (χ4n) is 5.14. The van der Waals surface area contributed by atoms with Gasteiger partial charge in [-0.1, -0.05) is 27.7 Å². The van der Waals surface area contributed by atoms with Crippen LogP contribution in [0.15, 0.2) is 0 Å². The summed E-state index contributed by atoms with van der Waals surface area (Å²) in [4.78, 5) is 0. The van der Waals surface area contributed by atoms with Gasteiger partial charge in [0.05, 0.1) is 17.8 Å². The molecule has 0 bridgehead atoms. The molecule has 7 atom stereocenters. The van der Waals surface area contributed by atoms with Crippen molar-refractivity contribution in [3.63, 3.8) is 0 Å². The van der Waals surface area contributed by atoms with Crippen molar-refractivity contribution in [2.45, 2.75) is 64.8 Å². The monoisotopic (exact) mass is 254 g/mol. The maximum absolute atomic E-state index is 11.3. The minimum Gasteiger partial charge on any atom is -0.393 e. The minimum absolute atomic E-state index is 0.103. The second-order valence-electron chi connectivity index (χ2n) is 8.02. The molecule has 3 N–H and O–H groups in total. The molecule has 0 amide bonds. The highest BCUT2D eigenvalue weighted by Crippen LogP contribution is 2.70. The summed E-state index contributed by atoms with van der Waals surface area (Å²) in [7, 11) is 0. The van der Waals surface area contributed by atoms with Crippen molar-refractivity contribution in [2.24, 2.45) is 28.6 Å². The van der Waals surface area contributed by atoms with Crippen LogP contribution in [0.2, 0.25) is 0 Å². The lowest BCUT2D eigenvalue weighted by molar-refractivity contribution is -0.122. The Morgan fingerprint density at radius 1 is 1.11 bits per heavy atom. The van der Waals surface area contributed by atoms with Gasteiger partial charge in [0.15, 0.2) is 0 Å². The van der Waals surface area contributed by atoms with Crippen LogP contribution >= 0.6 is 0 Å². The third-order valence-corrected chi connectivity index (χ3v) is 6.54. The Hall–Kier alpha value is -0.120. The Morgan fingerprint density at radius 3 is 2.33 bits per heavy atom. The first-order valence-electron chi connectivity index (χ1n) is 7.22. The Balaban J connectivity index is 2.08. The van der Waals surface area contributed by atoms with Gasteiger partial charge in [0.1, 0.15) is 0 Å². The molecular formula is C15H26O3. The second kappa shape index (κ2) is 3.31. The third kappa shape index (κ3) is 1.31. The Kier molecular flexibility index (Phi) is 2.37. The van der Waals surface area contributed by atoms with Crippen LogP contribution in [0.3, 0.4) is 0 Å². The fraction of sp³-hybridized carbons (Fsp3) is 1.00. The number of aliphatic hydroxyl groups excluding tert-OH is 2. The van der Waals surface area contributed by atoms with Crippen LogP contribution in [0.4, 0.5) is 0 Å². The average Bonchev–Trinajstić information content (AvgIpc) is 3.01. The fourth-order valence-corrected chi connectivity index (χ4v) is 5.14. The molecule has 0 heterocycles. The van der Waals surface area contributed by atoms with Crippen LogP contribution in [-0.2, 0) is 0 Å². The van der Waals surface area contributed by atoms with Gasteiger partial charge >= 0.3 is 0 Å². The van der Waals surface area contributed by atoms with Crippen molar-refractivity contribution >= 4 is 0 Å². The van der Waals surface area contributed by atoms with E-state index in [-0.39, 0.29) is 22.9 Å². The molecule has 3 rings (SSSR count). The molecule has 18 heavy (non-hydrogen) atoms. The minimum atomic E-state index is -0.840. The van der Waals surface area contributed by atoms with Gasteiger partial charge in [-0.3, -0.25) is 0 Å². The van der Waals surface area contributed by atoms with Crippen molar-refractivity contribution < 1.29 is 15.3 Å². The van der Waals surface area contributed by atoms with Gasteiger partial charge in [0.25, 0.3) is 0 Å². The van der Waals surface area contributed by atoms with Gasteiger partial charge < -0.3 is 15.3 Å². The Labute approximate surface area is 109 Å². The average molecular weight is 254 g/mol. The van der Waals surface area contributed by atoms with E-state index >= 15 is 0 Å². The molecule has 0 spiro atoms. The van der Waals surface area contributed by atoms with Crippen molar-refractivity contribution in [2.75, 3.05) is 0 Å². The van der Waals surface area contributed by atoms with Gasteiger partial charge in [-0.15, -0.1) is 0 Å². The van der Waals surface area contributed by atoms with Crippen molar-refractivity contribution in [3.05, 3.63) is 0 Å². The summed E-state index contributed by atoms with van der Waals surface area (Å²) >= 11 is 0. The highest BCUT2D eigenvalue weighted by atomic mass is 16.3. The predicted molar refractivity (Wildman–Crippen MR) is 68.8 cm³/mol. The van der Waals surface area contributed by atoms with E-state index in [9.17, 15) is 15.3 Å². The first-order chi connectivity index (χ1) is 8.13. The van der Waals surface area contributed by atoms with Crippen molar-refractivity contribution in [3.8, 4) is 0 Å². The van der Waals surface area contributed by atoms with Crippen LogP contribution in [-0.4, -0.2) is 33.1 Å². The van der Waals surface area contributed by atoms with E-state index in [4.69, 9.17) is 0 Å². The van der Waals surface area contributed by atoms with Crippen LogP contribution in [0, 0.1) is 28.6 Å². The number of aliphatic hydroxyl groups is 3. The zero-order valence-electron chi connectivity index (χ0n) is 11.8. The number of fused-ring (bicyclic) bond motifs is 3. The molecule has 3 aliphatic rings. The van der Waals surface area contributed by atoms with Crippen LogP contribution in [0.25, 0.3) is 0 Å². The van der Waals surface area contributed by atoms with Gasteiger partial charge in [0.2, 0.25) is 0 Å². The lowest BCUT2D eigenvalue weighted by atomic mass is 9.64. The molecule has 0 saturated heterocycles. The molecule has 3 aliphatic carbocycles. The summed E-state index contributed by atoms with van der Waals surface area (Å²) in [6.45, 7) is 8.18. The van der Waals surface area contributed by atoms with Crippen molar-refractivity contribution in [1.29, 1.82) is 0 Å². The first kappa shape index (κ1) is 12.9. The maximum atomic E-state index is 11.3. The first-order valence-corrected chi connectivity index (χ1v) is 7.22. The molecule has 3 heteroatoms. The Morgan fingerprint density at radius 2 is 1.72 bits per heavy atom. The normalized spacial score (nSPS) is 61.8. The molecule has 0 radical (unpaired) electrons. The molecular weight excluding hydrogens is 228 g/mol. The molecule has 0 aromatic carbocycles. The highest BCUT2D eigenvalue weighted by Gasteiger charge is 2.71. The maximum Gasteiger partial charge on any atom is 0.0760 e. The quantitative estimate of drug-likeness (QED) is 0.614. The van der Waals surface area contributed by atoms with Crippen LogP contribution in [0.1, 0.15) is 47.0 Å². The molecule has 0 aliphatic heterocycles. The van der Waals surface area contributed by atoms with E-state index in [0.717, 1.165) is 6.42 Å². The second-order valence-corrected chi connectivity index (χ2v) is 8.02. The molecule has 7 unspecified atom stereocenters. The van der Waals surface area contributed by atoms with Gasteiger partial charge in [-0.25, -0.2) is 0 Å². The van der Waals surface area contributed by atoms with Crippen molar-refractivity contribution in [1.82, 2.24) is 0 Å².